The molecule has 2 aromatic rings. The Morgan fingerprint density at radius 3 is 2.73 bits per heavy atom. The van der Waals surface area contributed by atoms with Crippen molar-refractivity contribution in [3.8, 4) is 0 Å². The first-order valence-corrected chi connectivity index (χ1v) is 10.7. The Morgan fingerprint density at radius 1 is 1.30 bits per heavy atom. The summed E-state index contributed by atoms with van der Waals surface area (Å²) in [6.45, 7) is 9.84. The third-order valence-corrected chi connectivity index (χ3v) is 5.79. The number of hydrogen-bond acceptors (Lipinski definition) is 4. The van der Waals surface area contributed by atoms with E-state index in [1.807, 2.05) is 43.9 Å². The number of carbonyl (C=O) groups excluding carboxylic acids is 1. The van der Waals surface area contributed by atoms with Crippen molar-refractivity contribution in [2.45, 2.75) is 33.2 Å². The van der Waals surface area contributed by atoms with Gasteiger partial charge in [-0.1, -0.05) is 26.0 Å². The highest BCUT2D eigenvalue weighted by Crippen LogP contribution is 2.35. The molecule has 0 radical (unpaired) electrons. The van der Waals surface area contributed by atoms with E-state index in [0.717, 1.165) is 30.2 Å². The lowest BCUT2D eigenvalue weighted by atomic mass is 9.88. The zero-order valence-corrected chi connectivity index (χ0v) is 18.4. The molecule has 1 aromatic heterocycles. The van der Waals surface area contributed by atoms with Gasteiger partial charge in [0.2, 0.25) is 5.91 Å². The number of rotatable bonds is 9. The number of hydrogen-bond donors (Lipinski definition) is 0. The van der Waals surface area contributed by atoms with Crippen molar-refractivity contribution in [2.75, 3.05) is 39.9 Å². The maximum atomic E-state index is 13.9. The summed E-state index contributed by atoms with van der Waals surface area (Å²) in [7, 11) is 1.65. The number of furan rings is 1. The smallest absolute Gasteiger partial charge is 0.225 e. The van der Waals surface area contributed by atoms with Crippen LogP contribution in [0.1, 0.15) is 36.8 Å². The Kier molecular flexibility index (Phi) is 7.67. The van der Waals surface area contributed by atoms with Crippen LogP contribution in [0.25, 0.3) is 0 Å². The molecule has 5 nitrogen and oxygen atoms in total. The molecule has 1 amide bonds. The predicted molar refractivity (Wildman–Crippen MR) is 115 cm³/mol. The highest BCUT2D eigenvalue weighted by Gasteiger charge is 2.36. The van der Waals surface area contributed by atoms with Gasteiger partial charge in [-0.15, -0.1) is 0 Å². The fourth-order valence-corrected chi connectivity index (χ4v) is 4.32. The summed E-state index contributed by atoms with van der Waals surface area (Å²) in [5.74, 6) is 2.03. The second-order valence-corrected chi connectivity index (χ2v) is 8.56. The van der Waals surface area contributed by atoms with E-state index in [1.165, 1.54) is 6.07 Å². The molecule has 0 saturated carbocycles. The zero-order chi connectivity index (χ0) is 21.7. The molecule has 2 heterocycles. The number of amides is 1. The van der Waals surface area contributed by atoms with Crippen LogP contribution in [0.5, 0.6) is 0 Å². The zero-order valence-electron chi connectivity index (χ0n) is 18.4. The van der Waals surface area contributed by atoms with E-state index in [0.29, 0.717) is 26.2 Å². The summed E-state index contributed by atoms with van der Waals surface area (Å²) >= 11 is 0. The molecule has 1 aliphatic rings. The van der Waals surface area contributed by atoms with Gasteiger partial charge in [0.05, 0.1) is 13.2 Å². The minimum absolute atomic E-state index is 0.0712. The molecule has 0 bridgehead atoms. The maximum absolute atomic E-state index is 13.9. The van der Waals surface area contributed by atoms with Crippen molar-refractivity contribution >= 4 is 5.91 Å². The van der Waals surface area contributed by atoms with Crippen molar-refractivity contribution in [3.05, 3.63) is 59.3 Å². The molecule has 6 heteroatoms. The first kappa shape index (κ1) is 22.5. The van der Waals surface area contributed by atoms with Crippen LogP contribution >= 0.6 is 0 Å². The maximum Gasteiger partial charge on any atom is 0.225 e. The van der Waals surface area contributed by atoms with Gasteiger partial charge in [-0.25, -0.2) is 4.39 Å². The van der Waals surface area contributed by atoms with Crippen LogP contribution < -0.4 is 0 Å². The number of benzene rings is 1. The van der Waals surface area contributed by atoms with Crippen molar-refractivity contribution in [1.29, 1.82) is 0 Å². The third-order valence-electron chi connectivity index (χ3n) is 5.79. The summed E-state index contributed by atoms with van der Waals surface area (Å²) in [5, 5.41) is 0. The van der Waals surface area contributed by atoms with Crippen molar-refractivity contribution in [1.82, 2.24) is 9.80 Å². The largest absolute Gasteiger partial charge is 0.465 e. The summed E-state index contributed by atoms with van der Waals surface area (Å²) < 4.78 is 24.9. The lowest BCUT2D eigenvalue weighted by Crippen LogP contribution is -2.41. The molecule has 1 aromatic carbocycles. The molecule has 0 unspecified atom stereocenters. The molecule has 30 heavy (non-hydrogen) atoms. The number of methoxy groups -OCH3 is 1. The monoisotopic (exact) mass is 416 g/mol. The second-order valence-electron chi connectivity index (χ2n) is 8.56. The SMILES string of the molecule is COCCN(C[C@@H]1CN(Cc2ccc(C)o2)C[C@@H]1c1cccc(F)c1)C(=O)C(C)C. The summed E-state index contributed by atoms with van der Waals surface area (Å²) in [6.07, 6.45) is 0. The lowest BCUT2D eigenvalue weighted by molar-refractivity contribution is -0.135. The standard InChI is InChI=1S/C24H33FN2O3/c1-17(2)24(28)27(10-11-29-4)14-20-13-26(15-22-9-8-18(3)30-22)16-23(20)19-6-5-7-21(25)12-19/h5-9,12,17,20,23H,10-11,13-16H2,1-4H3/t20-,23+/m0/s1. The predicted octanol–water partition coefficient (Wildman–Crippen LogP) is 4.07. The number of nitrogens with zero attached hydrogens (tertiary/aromatic N) is 2. The molecule has 0 N–H and O–H groups in total. The highest BCUT2D eigenvalue weighted by atomic mass is 19.1. The van der Waals surface area contributed by atoms with Gasteiger partial charge in [-0.3, -0.25) is 9.69 Å². The second kappa shape index (κ2) is 10.2. The van der Waals surface area contributed by atoms with Gasteiger partial charge in [0.25, 0.3) is 0 Å². The van der Waals surface area contributed by atoms with Crippen LogP contribution in [0, 0.1) is 24.6 Å². The van der Waals surface area contributed by atoms with Gasteiger partial charge < -0.3 is 14.1 Å². The van der Waals surface area contributed by atoms with E-state index >= 15 is 0 Å². The van der Waals surface area contributed by atoms with E-state index in [-0.39, 0.29) is 29.5 Å². The molecule has 1 aliphatic heterocycles. The average Bonchev–Trinajstić information content (AvgIpc) is 3.30. The third kappa shape index (κ3) is 5.70. The Balaban J connectivity index is 1.80. The molecular formula is C24H33FN2O3. The van der Waals surface area contributed by atoms with Gasteiger partial charge in [-0.2, -0.15) is 0 Å². The molecular weight excluding hydrogens is 383 g/mol. The van der Waals surface area contributed by atoms with Crippen LogP contribution in [0.3, 0.4) is 0 Å². The molecule has 164 valence electrons. The van der Waals surface area contributed by atoms with Crippen LogP contribution in [0.15, 0.2) is 40.8 Å². The summed E-state index contributed by atoms with van der Waals surface area (Å²) in [6, 6.07) is 10.8. The topological polar surface area (TPSA) is 45.9 Å². The van der Waals surface area contributed by atoms with Crippen molar-refractivity contribution < 1.29 is 18.3 Å². The van der Waals surface area contributed by atoms with E-state index < -0.39 is 0 Å². The summed E-state index contributed by atoms with van der Waals surface area (Å²) in [5.41, 5.74) is 0.988. The van der Waals surface area contributed by atoms with E-state index in [2.05, 4.69) is 4.90 Å². The quantitative estimate of drug-likeness (QED) is 0.618. The Bertz CT molecular complexity index is 835. The van der Waals surface area contributed by atoms with E-state index in [9.17, 15) is 9.18 Å². The number of halogens is 1. The summed E-state index contributed by atoms with van der Waals surface area (Å²) in [4.78, 5) is 17.0. The van der Waals surface area contributed by atoms with E-state index in [1.54, 1.807) is 19.2 Å². The van der Waals surface area contributed by atoms with Crippen molar-refractivity contribution in [3.63, 3.8) is 0 Å². The number of ether oxygens (including phenoxy) is 1. The Hall–Kier alpha value is -2.18. The van der Waals surface area contributed by atoms with Crippen LogP contribution in [-0.2, 0) is 16.1 Å². The van der Waals surface area contributed by atoms with Crippen LogP contribution in [0.2, 0.25) is 0 Å². The lowest BCUT2D eigenvalue weighted by Gasteiger charge is -2.29. The van der Waals surface area contributed by atoms with E-state index in [4.69, 9.17) is 9.15 Å². The first-order valence-electron chi connectivity index (χ1n) is 10.7. The van der Waals surface area contributed by atoms with Gasteiger partial charge >= 0.3 is 0 Å². The Morgan fingerprint density at radius 2 is 2.10 bits per heavy atom. The molecule has 0 aliphatic carbocycles. The minimum atomic E-state index is -0.221. The molecule has 0 spiro atoms. The fourth-order valence-electron chi connectivity index (χ4n) is 4.32. The average molecular weight is 417 g/mol. The van der Waals surface area contributed by atoms with Crippen LogP contribution in [-0.4, -0.2) is 55.6 Å². The fraction of sp³-hybridized carbons (Fsp3) is 0.542. The van der Waals surface area contributed by atoms with Gasteiger partial charge in [0.1, 0.15) is 17.3 Å². The normalized spacial score (nSPS) is 19.5. The van der Waals surface area contributed by atoms with Crippen molar-refractivity contribution in [2.24, 2.45) is 11.8 Å². The minimum Gasteiger partial charge on any atom is -0.465 e. The Labute approximate surface area is 178 Å². The number of likely N-dealkylation sites (tertiary alicyclic amines) is 1. The molecule has 2 atom stereocenters. The molecule has 3 rings (SSSR count). The van der Waals surface area contributed by atoms with Gasteiger partial charge in [0, 0.05) is 45.1 Å². The molecule has 1 saturated heterocycles. The van der Waals surface area contributed by atoms with Gasteiger partial charge in [0.15, 0.2) is 0 Å². The number of aryl methyl sites for hydroxylation is 1. The highest BCUT2D eigenvalue weighted by molar-refractivity contribution is 5.78. The number of carbonyl (C=O) groups is 1. The first-order chi connectivity index (χ1) is 14.4. The van der Waals surface area contributed by atoms with Gasteiger partial charge in [-0.05, 0) is 42.7 Å². The molecule has 1 fully saturated rings. The van der Waals surface area contributed by atoms with Crippen LogP contribution in [0.4, 0.5) is 4.39 Å².